The van der Waals surface area contributed by atoms with Crippen molar-refractivity contribution in [2.75, 3.05) is 58.5 Å². The van der Waals surface area contributed by atoms with Crippen LogP contribution in [0.4, 0.5) is 5.69 Å². The second-order valence-electron chi connectivity index (χ2n) is 7.22. The first-order valence-corrected chi connectivity index (χ1v) is 8.75. The lowest BCUT2D eigenvalue weighted by Gasteiger charge is -2.40. The SMILES string of the molecule is Cc1cc(N(C)C)cc([C@H]2CN(CC3(O)CCOCC3)CCO2)n1. The monoisotopic (exact) mass is 335 g/mol. The molecule has 24 heavy (non-hydrogen) atoms. The molecule has 3 rings (SSSR count). The zero-order valence-corrected chi connectivity index (χ0v) is 15.0. The molecule has 2 aliphatic rings. The number of morpholine rings is 1. The minimum absolute atomic E-state index is 0.0409. The summed E-state index contributed by atoms with van der Waals surface area (Å²) in [5.41, 5.74) is 2.48. The number of β-amino-alcohol motifs (C(OH)–C–C–N with tert-alkyl or cyclic N) is 1. The van der Waals surface area contributed by atoms with Gasteiger partial charge in [-0.2, -0.15) is 0 Å². The number of hydrogen-bond donors (Lipinski definition) is 1. The normalized spacial score (nSPS) is 24.8. The Bertz CT molecular complexity index is 558. The van der Waals surface area contributed by atoms with Crippen LogP contribution in [0.1, 0.15) is 30.3 Å². The highest BCUT2D eigenvalue weighted by Gasteiger charge is 2.34. The molecule has 1 N–H and O–H groups in total. The van der Waals surface area contributed by atoms with Crippen molar-refractivity contribution >= 4 is 5.69 Å². The standard InChI is InChI=1S/C18H29N3O3/c1-14-10-15(20(2)3)11-16(19-14)17-12-21(6-9-24-17)13-18(22)4-7-23-8-5-18/h10-11,17,22H,4-9,12-13H2,1-3H3/t17-/m1/s1. The highest BCUT2D eigenvalue weighted by molar-refractivity contribution is 5.47. The molecular formula is C18H29N3O3. The van der Waals surface area contributed by atoms with Gasteiger partial charge in [-0.05, 0) is 19.1 Å². The van der Waals surface area contributed by atoms with Crippen molar-refractivity contribution < 1.29 is 14.6 Å². The summed E-state index contributed by atoms with van der Waals surface area (Å²) >= 11 is 0. The van der Waals surface area contributed by atoms with Gasteiger partial charge in [0.25, 0.3) is 0 Å². The number of hydrogen-bond acceptors (Lipinski definition) is 6. The topological polar surface area (TPSA) is 58.1 Å². The van der Waals surface area contributed by atoms with Crippen LogP contribution in [0.25, 0.3) is 0 Å². The van der Waals surface area contributed by atoms with Gasteiger partial charge < -0.3 is 19.5 Å². The molecule has 0 saturated carbocycles. The maximum Gasteiger partial charge on any atom is 0.112 e. The molecule has 0 aliphatic carbocycles. The highest BCUT2D eigenvalue weighted by atomic mass is 16.5. The van der Waals surface area contributed by atoms with Gasteiger partial charge in [0.2, 0.25) is 0 Å². The minimum Gasteiger partial charge on any atom is -0.388 e. The van der Waals surface area contributed by atoms with E-state index in [0.717, 1.165) is 30.2 Å². The first-order chi connectivity index (χ1) is 11.5. The highest BCUT2D eigenvalue weighted by Crippen LogP contribution is 2.27. The molecule has 0 unspecified atom stereocenters. The smallest absolute Gasteiger partial charge is 0.112 e. The van der Waals surface area contributed by atoms with E-state index in [1.54, 1.807) is 0 Å². The summed E-state index contributed by atoms with van der Waals surface area (Å²) in [7, 11) is 4.07. The number of rotatable bonds is 4. The Morgan fingerprint density at radius 1 is 1.29 bits per heavy atom. The molecule has 0 aromatic carbocycles. The van der Waals surface area contributed by atoms with E-state index in [0.29, 0.717) is 39.2 Å². The molecule has 134 valence electrons. The van der Waals surface area contributed by atoms with Crippen molar-refractivity contribution in [3.05, 3.63) is 23.5 Å². The van der Waals surface area contributed by atoms with Crippen LogP contribution in [0.15, 0.2) is 12.1 Å². The number of aryl methyl sites for hydroxylation is 1. The van der Waals surface area contributed by atoms with Crippen molar-refractivity contribution in [1.29, 1.82) is 0 Å². The third kappa shape index (κ3) is 4.25. The van der Waals surface area contributed by atoms with Gasteiger partial charge in [0.1, 0.15) is 6.10 Å². The second-order valence-corrected chi connectivity index (χ2v) is 7.22. The second kappa shape index (κ2) is 7.35. The molecule has 0 bridgehead atoms. The summed E-state index contributed by atoms with van der Waals surface area (Å²) in [6.07, 6.45) is 1.38. The molecule has 6 nitrogen and oxygen atoms in total. The molecule has 1 atom stereocenters. The van der Waals surface area contributed by atoms with E-state index in [9.17, 15) is 5.11 Å². The van der Waals surface area contributed by atoms with Crippen LogP contribution in [-0.2, 0) is 9.47 Å². The number of pyridine rings is 1. The summed E-state index contributed by atoms with van der Waals surface area (Å²) in [6, 6.07) is 4.18. The van der Waals surface area contributed by atoms with Gasteiger partial charge in [-0.15, -0.1) is 0 Å². The van der Waals surface area contributed by atoms with E-state index in [1.165, 1.54) is 0 Å². The molecule has 0 radical (unpaired) electrons. The van der Waals surface area contributed by atoms with Gasteiger partial charge in [0.05, 0.1) is 17.9 Å². The first kappa shape index (κ1) is 17.6. The molecule has 1 aromatic heterocycles. The van der Waals surface area contributed by atoms with Crippen LogP contribution >= 0.6 is 0 Å². The number of nitrogens with zero attached hydrogens (tertiary/aromatic N) is 3. The molecule has 2 saturated heterocycles. The summed E-state index contributed by atoms with van der Waals surface area (Å²) in [6.45, 7) is 6.29. The van der Waals surface area contributed by atoms with Gasteiger partial charge in [-0.3, -0.25) is 9.88 Å². The molecule has 0 amide bonds. The number of aliphatic hydroxyl groups is 1. The summed E-state index contributed by atoms with van der Waals surface area (Å²) in [5.74, 6) is 0. The van der Waals surface area contributed by atoms with Crippen molar-refractivity contribution in [2.45, 2.75) is 31.5 Å². The van der Waals surface area contributed by atoms with Gasteiger partial charge in [-0.1, -0.05) is 0 Å². The van der Waals surface area contributed by atoms with E-state index in [4.69, 9.17) is 9.47 Å². The molecule has 2 aliphatic heterocycles. The number of anilines is 1. The van der Waals surface area contributed by atoms with E-state index < -0.39 is 5.60 Å². The largest absolute Gasteiger partial charge is 0.388 e. The maximum absolute atomic E-state index is 10.8. The van der Waals surface area contributed by atoms with Crippen LogP contribution in [0.5, 0.6) is 0 Å². The van der Waals surface area contributed by atoms with Gasteiger partial charge in [-0.25, -0.2) is 0 Å². The first-order valence-electron chi connectivity index (χ1n) is 8.75. The van der Waals surface area contributed by atoms with Crippen molar-refractivity contribution in [2.24, 2.45) is 0 Å². The molecule has 3 heterocycles. The van der Waals surface area contributed by atoms with Crippen molar-refractivity contribution in [1.82, 2.24) is 9.88 Å². The Morgan fingerprint density at radius 3 is 2.75 bits per heavy atom. The molecule has 6 heteroatoms. The van der Waals surface area contributed by atoms with Gasteiger partial charge in [0, 0.05) is 71.2 Å². The Kier molecular flexibility index (Phi) is 5.39. The fourth-order valence-electron chi connectivity index (χ4n) is 3.45. The van der Waals surface area contributed by atoms with Crippen LogP contribution in [-0.4, -0.2) is 74.1 Å². The Morgan fingerprint density at radius 2 is 2.04 bits per heavy atom. The Balaban J connectivity index is 1.69. The lowest BCUT2D eigenvalue weighted by molar-refractivity contribution is -0.103. The van der Waals surface area contributed by atoms with Crippen LogP contribution < -0.4 is 4.90 Å². The lowest BCUT2D eigenvalue weighted by Crippen LogP contribution is -2.50. The Labute approximate surface area is 144 Å². The predicted molar refractivity (Wildman–Crippen MR) is 93.4 cm³/mol. The van der Waals surface area contributed by atoms with Gasteiger partial charge in [0.15, 0.2) is 0 Å². The fourth-order valence-corrected chi connectivity index (χ4v) is 3.45. The zero-order valence-electron chi connectivity index (χ0n) is 15.0. The molecule has 0 spiro atoms. The summed E-state index contributed by atoms with van der Waals surface area (Å²) in [5, 5.41) is 10.8. The van der Waals surface area contributed by atoms with Gasteiger partial charge >= 0.3 is 0 Å². The van der Waals surface area contributed by atoms with Crippen LogP contribution in [0.3, 0.4) is 0 Å². The quantitative estimate of drug-likeness (QED) is 0.897. The molecule has 2 fully saturated rings. The maximum atomic E-state index is 10.8. The number of aromatic nitrogens is 1. The van der Waals surface area contributed by atoms with Crippen LogP contribution in [0.2, 0.25) is 0 Å². The Hall–Kier alpha value is -1.21. The van der Waals surface area contributed by atoms with Crippen molar-refractivity contribution in [3.8, 4) is 0 Å². The fraction of sp³-hybridized carbons (Fsp3) is 0.722. The third-order valence-corrected chi connectivity index (χ3v) is 4.90. The predicted octanol–water partition coefficient (Wildman–Crippen LogP) is 1.37. The minimum atomic E-state index is -0.630. The number of ether oxygens (including phenoxy) is 2. The molecular weight excluding hydrogens is 306 g/mol. The average Bonchev–Trinajstić information content (AvgIpc) is 2.54. The molecule has 1 aromatic rings. The summed E-state index contributed by atoms with van der Waals surface area (Å²) in [4.78, 5) is 9.07. The van der Waals surface area contributed by atoms with Crippen LogP contribution in [0, 0.1) is 6.92 Å². The third-order valence-electron chi connectivity index (χ3n) is 4.90. The van der Waals surface area contributed by atoms with E-state index in [-0.39, 0.29) is 6.10 Å². The van der Waals surface area contributed by atoms with E-state index in [2.05, 4.69) is 26.9 Å². The van der Waals surface area contributed by atoms with E-state index in [1.807, 2.05) is 21.0 Å². The van der Waals surface area contributed by atoms with Crippen molar-refractivity contribution in [3.63, 3.8) is 0 Å². The zero-order chi connectivity index (χ0) is 17.2. The van der Waals surface area contributed by atoms with E-state index >= 15 is 0 Å². The summed E-state index contributed by atoms with van der Waals surface area (Å²) < 4.78 is 11.4. The lowest BCUT2D eigenvalue weighted by atomic mass is 9.93. The average molecular weight is 335 g/mol.